The molecular formula is C26H26N8. The second-order valence-electron chi connectivity index (χ2n) is 8.84. The van der Waals surface area contributed by atoms with Crippen LogP contribution in [0, 0.1) is 5.92 Å². The molecule has 8 heteroatoms. The van der Waals surface area contributed by atoms with Crippen molar-refractivity contribution < 1.29 is 0 Å². The Morgan fingerprint density at radius 3 is 2.65 bits per heavy atom. The van der Waals surface area contributed by atoms with E-state index in [1.807, 2.05) is 12.1 Å². The van der Waals surface area contributed by atoms with E-state index in [1.165, 1.54) is 21.7 Å². The van der Waals surface area contributed by atoms with Gasteiger partial charge in [-0.2, -0.15) is 5.10 Å². The van der Waals surface area contributed by atoms with E-state index in [0.29, 0.717) is 12.4 Å². The maximum Gasteiger partial charge on any atom is 0.156 e. The Balaban J connectivity index is 1.27. The number of aromatic nitrogens is 1. The summed E-state index contributed by atoms with van der Waals surface area (Å²) in [6.07, 6.45) is 0. The van der Waals surface area contributed by atoms with Crippen LogP contribution >= 0.6 is 0 Å². The fourth-order valence-electron chi connectivity index (χ4n) is 4.94. The topological polar surface area (TPSA) is 120 Å². The summed E-state index contributed by atoms with van der Waals surface area (Å²) in [5.41, 5.74) is 8.06. The van der Waals surface area contributed by atoms with E-state index in [9.17, 15) is 0 Å². The smallest absolute Gasteiger partial charge is 0.156 e. The molecule has 0 atom stereocenters. The molecule has 8 nitrogen and oxygen atoms in total. The van der Waals surface area contributed by atoms with Crippen molar-refractivity contribution in [2.75, 3.05) is 19.6 Å². The summed E-state index contributed by atoms with van der Waals surface area (Å²) in [6.45, 7) is 3.19. The van der Waals surface area contributed by atoms with Crippen LogP contribution in [-0.4, -0.2) is 46.9 Å². The summed E-state index contributed by atoms with van der Waals surface area (Å²) in [5, 5.41) is 7.32. The molecule has 1 fully saturated rings. The van der Waals surface area contributed by atoms with Crippen molar-refractivity contribution in [1.82, 2.24) is 15.3 Å². The lowest BCUT2D eigenvalue weighted by molar-refractivity contribution is 0.132. The molecule has 2 aliphatic rings. The number of amidine groups is 2. The van der Waals surface area contributed by atoms with Crippen molar-refractivity contribution in [2.24, 2.45) is 32.7 Å². The summed E-state index contributed by atoms with van der Waals surface area (Å²) < 4.78 is 0. The largest absolute Gasteiger partial charge is 0.353 e. The number of fused-ring (bicyclic) bond motifs is 2. The number of hydrazine groups is 1. The van der Waals surface area contributed by atoms with Gasteiger partial charge in [0.25, 0.3) is 0 Å². The number of hydrogen-bond donors (Lipinski definition) is 4. The third-order valence-electron chi connectivity index (χ3n) is 6.74. The molecule has 4 aromatic rings. The molecule has 3 heterocycles. The van der Waals surface area contributed by atoms with Crippen molar-refractivity contribution in [1.29, 1.82) is 0 Å². The Hall–Kier alpha value is -4.01. The van der Waals surface area contributed by atoms with Gasteiger partial charge in [0.05, 0.1) is 18.0 Å². The number of aromatic amines is 1. The van der Waals surface area contributed by atoms with Gasteiger partial charge in [0.2, 0.25) is 0 Å². The summed E-state index contributed by atoms with van der Waals surface area (Å²) in [5.74, 6) is 12.6. The lowest BCUT2D eigenvalue weighted by Crippen LogP contribution is -2.54. The highest BCUT2D eigenvalue weighted by Crippen LogP contribution is 2.28. The van der Waals surface area contributed by atoms with E-state index in [2.05, 4.69) is 75.0 Å². The quantitative estimate of drug-likeness (QED) is 0.162. The monoisotopic (exact) mass is 450 g/mol. The van der Waals surface area contributed by atoms with Crippen LogP contribution in [0.4, 0.5) is 0 Å². The number of benzene rings is 3. The third-order valence-corrected chi connectivity index (χ3v) is 6.74. The molecule has 170 valence electrons. The first-order valence-corrected chi connectivity index (χ1v) is 11.4. The minimum Gasteiger partial charge on any atom is -0.353 e. The number of nitrogens with zero attached hydrogens (tertiary/aromatic N) is 4. The maximum absolute atomic E-state index is 5.51. The molecule has 1 saturated heterocycles. The van der Waals surface area contributed by atoms with Crippen molar-refractivity contribution in [3.05, 3.63) is 83.6 Å². The normalized spacial score (nSPS) is 17.1. The Morgan fingerprint density at radius 1 is 1.06 bits per heavy atom. The van der Waals surface area contributed by atoms with E-state index in [4.69, 9.17) is 21.7 Å². The minimum absolute atomic E-state index is 0.255. The zero-order valence-electron chi connectivity index (χ0n) is 18.7. The SMILES string of the molecule is N/N=C(\NN)C1CN(Cc2ccc(C3=NCC(c4cc5ccccc5[nH]4)=N3)c3ccccc23)C1. The van der Waals surface area contributed by atoms with Crippen LogP contribution in [0.1, 0.15) is 16.8 Å². The molecular weight excluding hydrogens is 424 g/mol. The first-order valence-electron chi connectivity index (χ1n) is 11.4. The first-order chi connectivity index (χ1) is 16.7. The van der Waals surface area contributed by atoms with Crippen LogP contribution in [0.2, 0.25) is 0 Å². The highest BCUT2D eigenvalue weighted by atomic mass is 15.3. The van der Waals surface area contributed by atoms with Crippen LogP contribution in [0.15, 0.2) is 81.8 Å². The van der Waals surface area contributed by atoms with Gasteiger partial charge >= 0.3 is 0 Å². The molecule has 0 unspecified atom stereocenters. The van der Waals surface area contributed by atoms with Crippen molar-refractivity contribution >= 4 is 39.1 Å². The number of hydrazone groups is 1. The summed E-state index contributed by atoms with van der Waals surface area (Å²) in [6, 6.07) is 23.3. The van der Waals surface area contributed by atoms with Crippen LogP contribution in [0.25, 0.3) is 21.7 Å². The van der Waals surface area contributed by atoms with Crippen molar-refractivity contribution in [3.8, 4) is 0 Å². The maximum atomic E-state index is 5.51. The van der Waals surface area contributed by atoms with E-state index in [1.54, 1.807) is 0 Å². The van der Waals surface area contributed by atoms with Gasteiger partial charge in [-0.15, -0.1) is 0 Å². The molecule has 0 aliphatic carbocycles. The predicted molar refractivity (Wildman–Crippen MR) is 138 cm³/mol. The highest BCUT2D eigenvalue weighted by Gasteiger charge is 2.31. The average molecular weight is 451 g/mol. The Kier molecular flexibility index (Phi) is 5.09. The van der Waals surface area contributed by atoms with E-state index < -0.39 is 0 Å². The number of H-pyrrole nitrogens is 1. The van der Waals surface area contributed by atoms with Crippen LogP contribution in [0.3, 0.4) is 0 Å². The molecule has 0 saturated carbocycles. The van der Waals surface area contributed by atoms with Crippen LogP contribution in [-0.2, 0) is 6.54 Å². The average Bonchev–Trinajstić information content (AvgIpc) is 3.50. The van der Waals surface area contributed by atoms with Gasteiger partial charge in [-0.1, -0.05) is 54.6 Å². The van der Waals surface area contributed by atoms with E-state index in [0.717, 1.165) is 48.0 Å². The molecule has 3 aromatic carbocycles. The van der Waals surface area contributed by atoms with Crippen LogP contribution < -0.4 is 17.1 Å². The summed E-state index contributed by atoms with van der Waals surface area (Å²) in [4.78, 5) is 15.6. The number of para-hydroxylation sites is 1. The highest BCUT2D eigenvalue weighted by molar-refractivity contribution is 6.21. The molecule has 0 spiro atoms. The minimum atomic E-state index is 0.255. The number of hydrogen-bond acceptors (Lipinski definition) is 6. The van der Waals surface area contributed by atoms with E-state index >= 15 is 0 Å². The van der Waals surface area contributed by atoms with Gasteiger partial charge < -0.3 is 16.3 Å². The Morgan fingerprint density at radius 2 is 1.85 bits per heavy atom. The van der Waals surface area contributed by atoms with Crippen molar-refractivity contribution in [2.45, 2.75) is 6.54 Å². The zero-order chi connectivity index (χ0) is 23.1. The molecule has 0 bridgehead atoms. The first kappa shape index (κ1) is 20.6. The number of nitrogens with two attached hydrogens (primary N) is 2. The summed E-state index contributed by atoms with van der Waals surface area (Å²) in [7, 11) is 0. The fraction of sp³-hybridized carbons (Fsp3) is 0.192. The third kappa shape index (κ3) is 3.53. The lowest BCUT2D eigenvalue weighted by atomic mass is 9.95. The van der Waals surface area contributed by atoms with Gasteiger partial charge in [0, 0.05) is 42.0 Å². The number of nitrogens with one attached hydrogen (secondary N) is 2. The van der Waals surface area contributed by atoms with E-state index in [-0.39, 0.29) is 5.92 Å². The second kappa shape index (κ2) is 8.40. The van der Waals surface area contributed by atoms with Gasteiger partial charge in [-0.05, 0) is 28.5 Å². The Labute approximate surface area is 197 Å². The molecule has 2 aliphatic heterocycles. The van der Waals surface area contributed by atoms with Gasteiger partial charge in [-0.3, -0.25) is 9.89 Å². The molecule has 0 radical (unpaired) electrons. The summed E-state index contributed by atoms with van der Waals surface area (Å²) >= 11 is 0. The zero-order valence-corrected chi connectivity index (χ0v) is 18.7. The van der Waals surface area contributed by atoms with Gasteiger partial charge in [0.15, 0.2) is 5.84 Å². The lowest BCUT2D eigenvalue weighted by Gasteiger charge is -2.39. The number of likely N-dealkylation sites (tertiary alicyclic amines) is 1. The Bertz CT molecular complexity index is 1440. The van der Waals surface area contributed by atoms with Gasteiger partial charge in [0.1, 0.15) is 5.84 Å². The molecule has 6 N–H and O–H groups in total. The fourth-order valence-corrected chi connectivity index (χ4v) is 4.94. The molecule has 0 amide bonds. The van der Waals surface area contributed by atoms with Crippen LogP contribution in [0.5, 0.6) is 0 Å². The number of rotatable bonds is 5. The van der Waals surface area contributed by atoms with Crippen molar-refractivity contribution in [3.63, 3.8) is 0 Å². The number of aliphatic imine (C=N–C) groups is 2. The molecule has 1 aromatic heterocycles. The molecule has 6 rings (SSSR count). The second-order valence-corrected chi connectivity index (χ2v) is 8.84. The van der Waals surface area contributed by atoms with Gasteiger partial charge in [-0.25, -0.2) is 10.8 Å². The molecule has 34 heavy (non-hydrogen) atoms. The standard InChI is InChI=1S/C26H26N8/c27-32-25(33-28)18-14-34(15-18)13-17-9-10-21(20-7-3-2-6-19(17)20)26-29-12-24(31-26)23-11-16-5-1-4-8-22(16)30-23/h1-11,18,30H,12-15,27-28H2,(H,32,33). The predicted octanol–water partition coefficient (Wildman–Crippen LogP) is 2.74.